The minimum absolute atomic E-state index is 0.0941. The van der Waals surface area contributed by atoms with Crippen LogP contribution >= 0.6 is 0 Å². The maximum atomic E-state index is 14.9. The maximum absolute atomic E-state index is 14.9. The van der Waals surface area contributed by atoms with E-state index in [0.717, 1.165) is 29.4 Å². The number of hydrogen-bond acceptors (Lipinski definition) is 7. The molecule has 6 N–H and O–H groups in total. The molecule has 288 valence electrons. The molecule has 0 aliphatic carbocycles. The number of aliphatic carboxylic acids is 1. The zero-order valence-corrected chi connectivity index (χ0v) is 32.2. The smallest absolute Gasteiger partial charge is 0.407 e. The van der Waals surface area contributed by atoms with Crippen LogP contribution in [0.15, 0.2) is 60.8 Å². The highest BCUT2D eigenvalue weighted by atomic mass is 28.3. The Kier molecular flexibility index (Phi) is 18.1. The number of aliphatic hydroxyl groups is 2. The number of carbonyl (C=O) groups excluding carboxylic acids is 2. The number of rotatable bonds is 18. The lowest BCUT2D eigenvalue weighted by atomic mass is 9.84. The van der Waals surface area contributed by atoms with Crippen LogP contribution in [0.4, 0.5) is 13.6 Å². The molecule has 0 aliphatic heterocycles. The van der Waals surface area contributed by atoms with Gasteiger partial charge in [0.2, 0.25) is 5.91 Å². The first-order chi connectivity index (χ1) is 24.4. The molecule has 0 unspecified atom stereocenters. The van der Waals surface area contributed by atoms with Gasteiger partial charge in [0, 0.05) is 50.6 Å². The number of halogens is 2. The van der Waals surface area contributed by atoms with Crippen LogP contribution in [0.3, 0.4) is 0 Å². The van der Waals surface area contributed by atoms with Crippen LogP contribution in [-0.2, 0) is 20.9 Å². The third-order valence-corrected chi connectivity index (χ3v) is 9.69. The van der Waals surface area contributed by atoms with Gasteiger partial charge in [-0.05, 0) is 54.3 Å². The number of carbonyl (C=O) groups is 3. The molecule has 0 saturated carbocycles. The largest absolute Gasteiger partial charge is 0.481 e. The Bertz CT molecular complexity index is 1560. The van der Waals surface area contributed by atoms with Crippen molar-refractivity contribution in [2.24, 2.45) is 5.41 Å². The molecule has 11 nitrogen and oxygen atoms in total. The van der Waals surface area contributed by atoms with Crippen molar-refractivity contribution in [2.75, 3.05) is 32.9 Å². The second kappa shape index (κ2) is 21.4. The Hall–Kier alpha value is -4.11. The van der Waals surface area contributed by atoms with Gasteiger partial charge in [-0.3, -0.25) is 9.59 Å². The standard InChI is InChI=1S/C36H50F2N4O5Si.C2H6O2/c1-36(2,3)34(31-20-26(29-21-27(37)12-13-30(29)38)24-42(31)23-25-10-8-7-9-11-25)39-17-16-28(22-40-32(43)14-15-33(44)45)41-35(46)47-18-19-48(4,5)6;3-1-2-4/h7-13,20-21,24,28,34,39H,14-19,22-23H2,1-6H3,(H,40,43)(H,41,46)(H,44,45);3-4H,1-2H2/t28-,34-;/m0./s1. The number of amides is 2. The fourth-order valence-electron chi connectivity index (χ4n) is 5.24. The molecule has 0 fully saturated rings. The molecule has 1 heterocycles. The van der Waals surface area contributed by atoms with Gasteiger partial charge in [0.05, 0.1) is 38.3 Å². The highest BCUT2D eigenvalue weighted by Crippen LogP contribution is 2.37. The zero-order valence-electron chi connectivity index (χ0n) is 31.2. The molecule has 0 spiro atoms. The van der Waals surface area contributed by atoms with Gasteiger partial charge in [-0.15, -0.1) is 0 Å². The van der Waals surface area contributed by atoms with Crippen molar-refractivity contribution in [3.8, 4) is 11.1 Å². The number of nitrogens with one attached hydrogen (secondary N) is 3. The average Bonchev–Trinajstić information content (AvgIpc) is 3.47. The van der Waals surface area contributed by atoms with Gasteiger partial charge in [-0.2, -0.15) is 0 Å². The first kappa shape index (κ1) is 44.0. The van der Waals surface area contributed by atoms with Gasteiger partial charge in [-0.1, -0.05) is 70.7 Å². The first-order valence-corrected chi connectivity index (χ1v) is 21.2. The van der Waals surface area contributed by atoms with Gasteiger partial charge < -0.3 is 40.6 Å². The van der Waals surface area contributed by atoms with Crippen molar-refractivity contribution in [2.45, 2.75) is 84.3 Å². The normalized spacial score (nSPS) is 12.7. The summed E-state index contributed by atoms with van der Waals surface area (Å²) in [7, 11) is -1.41. The van der Waals surface area contributed by atoms with E-state index in [-0.39, 0.29) is 49.6 Å². The average molecular weight is 747 g/mol. The molecule has 0 aliphatic rings. The van der Waals surface area contributed by atoms with Gasteiger partial charge in [0.15, 0.2) is 0 Å². The molecule has 2 atom stereocenters. The summed E-state index contributed by atoms with van der Waals surface area (Å²) in [6.45, 7) is 13.9. The molecule has 0 saturated heterocycles. The molecular formula is C38H56F2N4O7Si. The Morgan fingerprint density at radius 2 is 1.63 bits per heavy atom. The number of aromatic nitrogens is 1. The van der Waals surface area contributed by atoms with E-state index in [0.29, 0.717) is 31.7 Å². The lowest BCUT2D eigenvalue weighted by Crippen LogP contribution is -2.46. The number of benzene rings is 2. The van der Waals surface area contributed by atoms with Crippen molar-refractivity contribution in [1.29, 1.82) is 0 Å². The van der Waals surface area contributed by atoms with Crippen LogP contribution in [-0.4, -0.2) is 84.9 Å². The van der Waals surface area contributed by atoms with Gasteiger partial charge >= 0.3 is 12.1 Å². The monoisotopic (exact) mass is 746 g/mol. The summed E-state index contributed by atoms with van der Waals surface area (Å²) in [5, 5.41) is 33.4. The summed E-state index contributed by atoms with van der Waals surface area (Å²) in [5.74, 6) is -2.53. The van der Waals surface area contributed by atoms with E-state index in [9.17, 15) is 23.2 Å². The van der Waals surface area contributed by atoms with Crippen LogP contribution in [0.1, 0.15) is 57.3 Å². The van der Waals surface area contributed by atoms with E-state index in [2.05, 4.69) is 56.4 Å². The molecule has 2 amide bonds. The van der Waals surface area contributed by atoms with E-state index in [1.807, 2.05) is 47.2 Å². The summed E-state index contributed by atoms with van der Waals surface area (Å²) >= 11 is 0. The van der Waals surface area contributed by atoms with E-state index >= 15 is 0 Å². The Balaban J connectivity index is 0.00000222. The van der Waals surface area contributed by atoms with E-state index in [4.69, 9.17) is 20.1 Å². The summed E-state index contributed by atoms with van der Waals surface area (Å²) < 4.78 is 36.6. The summed E-state index contributed by atoms with van der Waals surface area (Å²) in [4.78, 5) is 35.9. The number of ether oxygens (including phenoxy) is 1. The van der Waals surface area contributed by atoms with Gasteiger partial charge in [0.25, 0.3) is 0 Å². The summed E-state index contributed by atoms with van der Waals surface area (Å²) in [5.41, 5.74) is 2.32. The molecule has 52 heavy (non-hydrogen) atoms. The van der Waals surface area contributed by atoms with Crippen molar-refractivity contribution in [1.82, 2.24) is 20.5 Å². The molecule has 2 aromatic carbocycles. The first-order valence-electron chi connectivity index (χ1n) is 17.5. The summed E-state index contributed by atoms with van der Waals surface area (Å²) in [6.07, 6.45) is 1.22. The van der Waals surface area contributed by atoms with Crippen LogP contribution in [0.25, 0.3) is 11.1 Å². The van der Waals surface area contributed by atoms with E-state index in [1.54, 1.807) is 0 Å². The number of nitrogens with zero attached hydrogens (tertiary/aromatic N) is 1. The fraction of sp³-hybridized carbons (Fsp3) is 0.500. The van der Waals surface area contributed by atoms with Crippen molar-refractivity contribution in [3.63, 3.8) is 0 Å². The second-order valence-corrected chi connectivity index (χ2v) is 20.5. The third kappa shape index (κ3) is 16.5. The fourth-order valence-corrected chi connectivity index (χ4v) is 5.95. The SMILES string of the molecule is CC(C)(C)[C@@H](NCC[C@@H](CNC(=O)CCC(=O)O)NC(=O)OCC[Si](C)(C)C)c1cc(-c2cc(F)ccc2F)cn1Cc1ccccc1.OCCO. The van der Waals surface area contributed by atoms with Gasteiger partial charge in [-0.25, -0.2) is 13.6 Å². The van der Waals surface area contributed by atoms with Crippen molar-refractivity contribution >= 4 is 26.0 Å². The topological polar surface area (TPSA) is 162 Å². The highest BCUT2D eigenvalue weighted by Gasteiger charge is 2.30. The zero-order chi connectivity index (χ0) is 38.9. The molecule has 3 rings (SSSR count). The predicted octanol–water partition coefficient (Wildman–Crippen LogP) is 5.93. The molecule has 0 bridgehead atoms. The Morgan fingerprint density at radius 1 is 0.962 bits per heavy atom. The minimum Gasteiger partial charge on any atom is -0.481 e. The van der Waals surface area contributed by atoms with E-state index in [1.165, 1.54) is 6.07 Å². The van der Waals surface area contributed by atoms with Crippen molar-refractivity contribution in [3.05, 3.63) is 83.7 Å². The Labute approximate surface area is 306 Å². The summed E-state index contributed by atoms with van der Waals surface area (Å²) in [6, 6.07) is 15.2. The number of carboxylic acid groups (broad SMARTS) is 1. The van der Waals surface area contributed by atoms with Crippen LogP contribution < -0.4 is 16.0 Å². The Morgan fingerprint density at radius 3 is 2.23 bits per heavy atom. The van der Waals surface area contributed by atoms with Crippen LogP contribution in [0, 0.1) is 17.0 Å². The predicted molar refractivity (Wildman–Crippen MR) is 201 cm³/mol. The van der Waals surface area contributed by atoms with Crippen LogP contribution in [0.2, 0.25) is 25.7 Å². The maximum Gasteiger partial charge on any atom is 0.407 e. The molecule has 1 aromatic heterocycles. The van der Waals surface area contributed by atoms with Gasteiger partial charge in [0.1, 0.15) is 11.6 Å². The highest BCUT2D eigenvalue weighted by molar-refractivity contribution is 6.76. The molecule has 3 aromatic rings. The number of carboxylic acids is 1. The molecule has 0 radical (unpaired) electrons. The molecule has 14 heteroatoms. The number of aliphatic hydroxyl groups excluding tert-OH is 2. The lowest BCUT2D eigenvalue weighted by Gasteiger charge is -2.33. The quantitative estimate of drug-likeness (QED) is 0.0873. The minimum atomic E-state index is -1.41. The van der Waals surface area contributed by atoms with E-state index < -0.39 is 43.7 Å². The second-order valence-electron chi connectivity index (χ2n) is 14.9. The van der Waals surface area contributed by atoms with Crippen molar-refractivity contribution < 1.29 is 43.2 Å². The van der Waals surface area contributed by atoms with Crippen LogP contribution in [0.5, 0.6) is 0 Å². The number of alkyl carbamates (subject to hydrolysis) is 1. The molecular weight excluding hydrogens is 691 g/mol. The lowest BCUT2D eigenvalue weighted by molar-refractivity contribution is -0.138. The third-order valence-electron chi connectivity index (χ3n) is 7.99. The number of hydrogen-bond donors (Lipinski definition) is 6.